The minimum absolute atomic E-state index is 0.0888. The fourth-order valence-corrected chi connectivity index (χ4v) is 6.92. The van der Waals surface area contributed by atoms with Gasteiger partial charge in [0.05, 0.1) is 26.7 Å². The van der Waals surface area contributed by atoms with Crippen molar-refractivity contribution in [2.45, 2.75) is 50.7 Å². The minimum Gasteiger partial charge on any atom is -0.494 e. The number of methoxy groups -OCH3 is 1. The molecule has 216 valence electrons. The maximum Gasteiger partial charge on any atom is 0.306 e. The van der Waals surface area contributed by atoms with Gasteiger partial charge in [-0.1, -0.05) is 35.5 Å². The van der Waals surface area contributed by atoms with Crippen LogP contribution in [-0.2, 0) is 33.1 Å². The summed E-state index contributed by atoms with van der Waals surface area (Å²) in [4.78, 5) is 12.9. The van der Waals surface area contributed by atoms with Gasteiger partial charge >= 0.3 is 5.97 Å². The summed E-state index contributed by atoms with van der Waals surface area (Å²) in [7, 11) is -0.433. The Kier molecular flexibility index (Phi) is 8.01. The predicted molar refractivity (Wildman–Crippen MR) is 153 cm³/mol. The molecule has 0 bridgehead atoms. The first kappa shape index (κ1) is 28.6. The highest BCUT2D eigenvalue weighted by Gasteiger charge is 2.33. The molecule has 1 aromatic heterocycles. The maximum atomic E-state index is 13.7. The summed E-state index contributed by atoms with van der Waals surface area (Å²) in [6.45, 7) is 6.21. The normalized spacial score (nSPS) is 17.3. The number of carbonyl (C=O) groups is 1. The molecule has 2 atom stereocenters. The lowest BCUT2D eigenvalue weighted by Gasteiger charge is -2.24. The van der Waals surface area contributed by atoms with E-state index in [1.54, 1.807) is 50.0 Å². The molecule has 0 saturated carbocycles. The summed E-state index contributed by atoms with van der Waals surface area (Å²) in [5.74, 6) is 0.221. The van der Waals surface area contributed by atoms with Crippen molar-refractivity contribution < 1.29 is 27.4 Å². The minimum atomic E-state index is -3.81. The molecule has 10 nitrogen and oxygen atoms in total. The van der Waals surface area contributed by atoms with E-state index in [9.17, 15) is 13.2 Å². The van der Waals surface area contributed by atoms with Crippen molar-refractivity contribution in [2.75, 3.05) is 20.3 Å². The number of fused-ring (bicyclic) bond motifs is 2. The monoisotopic (exact) mass is 578 g/mol. The Bertz CT molecular complexity index is 1700. The number of aryl methyl sites for hydroxylation is 2. The zero-order valence-electron chi connectivity index (χ0n) is 23.8. The number of aromatic nitrogens is 3. The SMILES string of the molecule is CCOC(=O)CC(c1ccc(C)c(CN2C[C@H](C)Oc3ccccc3S2(=O)=O)c1)c1cc(OC)c2c(c1)nnn2C. The van der Waals surface area contributed by atoms with Crippen molar-refractivity contribution >= 4 is 27.0 Å². The molecule has 0 fully saturated rings. The standard InChI is InChI=1S/C30H34N4O6S/c1-6-39-29(35)16-24(22-14-25-30(27(15-22)38-5)33(4)32-31-25)21-12-11-19(2)23(13-21)18-34-17-20(3)40-26-9-7-8-10-28(26)41(34,36)37/h7-15,20,24H,6,16-18H2,1-5H3/t20-,24?/m0/s1. The van der Waals surface area contributed by atoms with Crippen molar-refractivity contribution in [3.63, 3.8) is 0 Å². The number of para-hydroxylation sites is 1. The van der Waals surface area contributed by atoms with Gasteiger partial charge in [-0.25, -0.2) is 13.1 Å². The van der Waals surface area contributed by atoms with Crippen LogP contribution in [0.2, 0.25) is 0 Å². The van der Waals surface area contributed by atoms with Gasteiger partial charge in [-0.2, -0.15) is 4.31 Å². The molecule has 0 radical (unpaired) electrons. The summed E-state index contributed by atoms with van der Waals surface area (Å²) >= 11 is 0. The molecule has 1 aliphatic heterocycles. The van der Waals surface area contributed by atoms with Crippen molar-refractivity contribution in [1.29, 1.82) is 0 Å². The highest BCUT2D eigenvalue weighted by molar-refractivity contribution is 7.89. The average Bonchev–Trinajstić information content (AvgIpc) is 3.28. The Labute approximate surface area is 239 Å². The Morgan fingerprint density at radius 1 is 1.15 bits per heavy atom. The van der Waals surface area contributed by atoms with Crippen molar-refractivity contribution in [1.82, 2.24) is 19.3 Å². The van der Waals surface area contributed by atoms with E-state index in [0.717, 1.165) is 27.8 Å². The van der Waals surface area contributed by atoms with Crippen LogP contribution in [0.4, 0.5) is 0 Å². The fraction of sp³-hybridized carbons (Fsp3) is 0.367. The third-order valence-electron chi connectivity index (χ3n) is 7.36. The van der Waals surface area contributed by atoms with Crippen molar-refractivity contribution in [3.05, 3.63) is 76.9 Å². The quantitative estimate of drug-likeness (QED) is 0.284. The highest BCUT2D eigenvalue weighted by atomic mass is 32.2. The molecule has 0 saturated heterocycles. The van der Waals surface area contributed by atoms with Gasteiger partial charge in [-0.05, 0) is 67.3 Å². The Hall–Kier alpha value is -3.96. The summed E-state index contributed by atoms with van der Waals surface area (Å²) in [5.41, 5.74) is 4.83. The van der Waals surface area contributed by atoms with Crippen LogP contribution in [0.3, 0.4) is 0 Å². The Morgan fingerprint density at radius 2 is 1.93 bits per heavy atom. The van der Waals surface area contributed by atoms with E-state index in [4.69, 9.17) is 14.2 Å². The van der Waals surface area contributed by atoms with Gasteiger partial charge in [-0.3, -0.25) is 4.79 Å². The van der Waals surface area contributed by atoms with E-state index in [1.165, 1.54) is 4.31 Å². The first-order valence-electron chi connectivity index (χ1n) is 13.5. The number of benzene rings is 3. The van der Waals surface area contributed by atoms with Crippen LogP contribution in [0, 0.1) is 6.92 Å². The summed E-state index contributed by atoms with van der Waals surface area (Å²) < 4.78 is 47.4. The zero-order chi connectivity index (χ0) is 29.3. The van der Waals surface area contributed by atoms with Gasteiger partial charge in [0.1, 0.15) is 33.5 Å². The molecule has 1 unspecified atom stereocenters. The predicted octanol–water partition coefficient (Wildman–Crippen LogP) is 4.34. The summed E-state index contributed by atoms with van der Waals surface area (Å²) in [6.07, 6.45) is -0.245. The van der Waals surface area contributed by atoms with Crippen molar-refractivity contribution in [2.24, 2.45) is 7.05 Å². The van der Waals surface area contributed by atoms with Gasteiger partial charge in [0.2, 0.25) is 10.0 Å². The van der Waals surface area contributed by atoms with Crippen LogP contribution in [-0.4, -0.2) is 60.1 Å². The molecule has 0 amide bonds. The lowest BCUT2D eigenvalue weighted by molar-refractivity contribution is -0.143. The first-order valence-corrected chi connectivity index (χ1v) is 14.9. The molecule has 4 aromatic rings. The molecule has 0 spiro atoms. The average molecular weight is 579 g/mol. The number of sulfonamides is 1. The molecular weight excluding hydrogens is 544 g/mol. The Balaban J connectivity index is 1.56. The van der Waals surface area contributed by atoms with Crippen LogP contribution in [0.5, 0.6) is 11.5 Å². The largest absolute Gasteiger partial charge is 0.494 e. The number of rotatable bonds is 8. The smallest absolute Gasteiger partial charge is 0.306 e. The van der Waals surface area contributed by atoms with Crippen LogP contribution in [0.25, 0.3) is 11.0 Å². The molecule has 2 heterocycles. The molecular formula is C30H34N4O6S. The highest BCUT2D eigenvalue weighted by Crippen LogP contribution is 2.37. The van der Waals surface area contributed by atoms with Gasteiger partial charge < -0.3 is 14.2 Å². The van der Waals surface area contributed by atoms with Crippen LogP contribution < -0.4 is 9.47 Å². The third-order valence-corrected chi connectivity index (χ3v) is 9.22. The second-order valence-electron chi connectivity index (χ2n) is 10.2. The molecule has 3 aromatic carbocycles. The van der Waals surface area contributed by atoms with Crippen LogP contribution >= 0.6 is 0 Å². The van der Waals surface area contributed by atoms with E-state index >= 15 is 0 Å². The van der Waals surface area contributed by atoms with Gasteiger partial charge in [0.15, 0.2) is 0 Å². The lowest BCUT2D eigenvalue weighted by atomic mass is 9.86. The second kappa shape index (κ2) is 11.5. The van der Waals surface area contributed by atoms with E-state index in [0.29, 0.717) is 17.0 Å². The molecule has 5 rings (SSSR count). The van der Waals surface area contributed by atoms with Crippen LogP contribution in [0.1, 0.15) is 48.4 Å². The van der Waals surface area contributed by atoms with Gasteiger partial charge in [0.25, 0.3) is 0 Å². The second-order valence-corrected chi connectivity index (χ2v) is 12.1. The number of hydrogen-bond donors (Lipinski definition) is 0. The van der Waals surface area contributed by atoms with E-state index in [2.05, 4.69) is 10.3 Å². The molecule has 11 heteroatoms. The number of carbonyl (C=O) groups excluding carboxylic acids is 1. The fourth-order valence-electron chi connectivity index (χ4n) is 5.30. The first-order chi connectivity index (χ1) is 19.6. The summed E-state index contributed by atoms with van der Waals surface area (Å²) in [5, 5.41) is 8.39. The number of esters is 1. The van der Waals surface area contributed by atoms with E-state index in [-0.39, 0.29) is 43.1 Å². The molecule has 0 N–H and O–H groups in total. The topological polar surface area (TPSA) is 113 Å². The Morgan fingerprint density at radius 3 is 2.68 bits per heavy atom. The molecule has 0 aliphatic carbocycles. The molecule has 41 heavy (non-hydrogen) atoms. The third kappa shape index (κ3) is 5.64. The maximum absolute atomic E-state index is 13.7. The summed E-state index contributed by atoms with van der Waals surface area (Å²) in [6, 6.07) is 16.4. The number of nitrogens with zero attached hydrogens (tertiary/aromatic N) is 4. The number of ether oxygens (including phenoxy) is 3. The number of hydrogen-bond acceptors (Lipinski definition) is 8. The lowest BCUT2D eigenvalue weighted by Crippen LogP contribution is -2.35. The van der Waals surface area contributed by atoms with Gasteiger partial charge in [0, 0.05) is 19.5 Å². The van der Waals surface area contributed by atoms with E-state index in [1.807, 2.05) is 44.2 Å². The zero-order valence-corrected chi connectivity index (χ0v) is 24.6. The molecule has 1 aliphatic rings. The van der Waals surface area contributed by atoms with Crippen LogP contribution in [0.15, 0.2) is 59.5 Å². The van der Waals surface area contributed by atoms with Crippen molar-refractivity contribution in [3.8, 4) is 11.5 Å². The van der Waals surface area contributed by atoms with E-state index < -0.39 is 15.9 Å². The van der Waals surface area contributed by atoms with Gasteiger partial charge in [-0.15, -0.1) is 5.10 Å².